The highest BCUT2D eigenvalue weighted by Gasteiger charge is 2.46. The standard InChI is InChI=1S/C16H21N3O4/c20-14(3-4-15(21)22)19-7-5-16(11-19)8-13(10-23-16)18-12-2-1-6-17-9-12/h1-2,6,9,13,18H,3-5,7-8,10-11H2,(H,21,22)/t13-,16-/m0/s1. The largest absolute Gasteiger partial charge is 0.481 e. The van der Waals surface area contributed by atoms with Crippen molar-refractivity contribution in [2.75, 3.05) is 25.0 Å². The summed E-state index contributed by atoms with van der Waals surface area (Å²) in [4.78, 5) is 28.4. The average molecular weight is 319 g/mol. The molecule has 1 aromatic heterocycles. The van der Waals surface area contributed by atoms with Crippen LogP contribution in [0.5, 0.6) is 0 Å². The highest BCUT2D eigenvalue weighted by molar-refractivity contribution is 5.81. The molecule has 124 valence electrons. The number of nitrogens with one attached hydrogen (secondary N) is 1. The number of carbonyl (C=O) groups is 2. The van der Waals surface area contributed by atoms with Crippen molar-refractivity contribution < 1.29 is 19.4 Å². The number of hydrogen-bond acceptors (Lipinski definition) is 5. The van der Waals surface area contributed by atoms with Gasteiger partial charge in [-0.3, -0.25) is 14.6 Å². The van der Waals surface area contributed by atoms with Gasteiger partial charge in [-0.1, -0.05) is 0 Å². The second kappa shape index (κ2) is 6.54. The van der Waals surface area contributed by atoms with Crippen LogP contribution in [-0.2, 0) is 14.3 Å². The molecule has 1 amide bonds. The molecule has 2 saturated heterocycles. The smallest absolute Gasteiger partial charge is 0.303 e. The van der Waals surface area contributed by atoms with E-state index in [9.17, 15) is 9.59 Å². The van der Waals surface area contributed by atoms with Crippen LogP contribution >= 0.6 is 0 Å². The zero-order chi connectivity index (χ0) is 16.3. The van der Waals surface area contributed by atoms with Crippen LogP contribution in [0.15, 0.2) is 24.5 Å². The number of anilines is 1. The van der Waals surface area contributed by atoms with Crippen LogP contribution < -0.4 is 5.32 Å². The first-order valence-corrected chi connectivity index (χ1v) is 7.86. The van der Waals surface area contributed by atoms with Crippen molar-refractivity contribution in [1.29, 1.82) is 0 Å². The van der Waals surface area contributed by atoms with Crippen LogP contribution in [0.3, 0.4) is 0 Å². The minimum atomic E-state index is -0.940. The lowest BCUT2D eigenvalue weighted by molar-refractivity contribution is -0.140. The van der Waals surface area contributed by atoms with Gasteiger partial charge in [0.25, 0.3) is 0 Å². The van der Waals surface area contributed by atoms with Crippen LogP contribution in [0.1, 0.15) is 25.7 Å². The fourth-order valence-electron chi connectivity index (χ4n) is 3.33. The molecule has 1 aromatic rings. The first kappa shape index (κ1) is 15.7. The SMILES string of the molecule is O=C(O)CCC(=O)N1CC[C@]2(C[C@H](Nc3cccnc3)CO2)C1. The maximum absolute atomic E-state index is 12.0. The Labute approximate surface area is 134 Å². The third kappa shape index (κ3) is 3.79. The molecule has 0 bridgehead atoms. The molecule has 23 heavy (non-hydrogen) atoms. The summed E-state index contributed by atoms with van der Waals surface area (Å²) in [6, 6.07) is 4.05. The number of carboxylic acids is 1. The normalized spacial score (nSPS) is 26.6. The summed E-state index contributed by atoms with van der Waals surface area (Å²) in [5.41, 5.74) is 0.671. The molecule has 1 spiro atoms. The van der Waals surface area contributed by atoms with E-state index in [0.29, 0.717) is 19.7 Å². The molecule has 2 aliphatic rings. The van der Waals surface area contributed by atoms with E-state index in [0.717, 1.165) is 18.5 Å². The molecule has 2 N–H and O–H groups in total. The van der Waals surface area contributed by atoms with E-state index in [1.807, 2.05) is 12.1 Å². The molecular weight excluding hydrogens is 298 g/mol. The summed E-state index contributed by atoms with van der Waals surface area (Å²) >= 11 is 0. The van der Waals surface area contributed by atoms with Gasteiger partial charge in [0.15, 0.2) is 0 Å². The molecule has 0 aromatic carbocycles. The minimum Gasteiger partial charge on any atom is -0.481 e. The number of likely N-dealkylation sites (tertiary alicyclic amines) is 1. The van der Waals surface area contributed by atoms with Gasteiger partial charge in [0, 0.05) is 38.3 Å². The van der Waals surface area contributed by atoms with Gasteiger partial charge in [-0.2, -0.15) is 0 Å². The maximum atomic E-state index is 12.0. The van der Waals surface area contributed by atoms with Crippen LogP contribution in [0, 0.1) is 0 Å². The van der Waals surface area contributed by atoms with E-state index in [1.165, 1.54) is 0 Å². The Morgan fingerprint density at radius 3 is 3.09 bits per heavy atom. The summed E-state index contributed by atoms with van der Waals surface area (Å²) in [5.74, 6) is -1.04. The van der Waals surface area contributed by atoms with Gasteiger partial charge < -0.3 is 20.1 Å². The molecule has 2 aliphatic heterocycles. The first-order valence-electron chi connectivity index (χ1n) is 7.86. The molecule has 0 radical (unpaired) electrons. The van der Waals surface area contributed by atoms with Crippen LogP contribution in [0.4, 0.5) is 5.69 Å². The maximum Gasteiger partial charge on any atom is 0.303 e. The van der Waals surface area contributed by atoms with Gasteiger partial charge in [0.1, 0.15) is 0 Å². The van der Waals surface area contributed by atoms with E-state index in [1.54, 1.807) is 17.3 Å². The number of amides is 1. The predicted molar refractivity (Wildman–Crippen MR) is 83.0 cm³/mol. The summed E-state index contributed by atoms with van der Waals surface area (Å²) < 4.78 is 6.00. The van der Waals surface area contributed by atoms with Crippen molar-refractivity contribution in [3.63, 3.8) is 0 Å². The Hall–Kier alpha value is -2.15. The molecule has 0 unspecified atom stereocenters. The van der Waals surface area contributed by atoms with Crippen LogP contribution in [-0.4, -0.2) is 58.2 Å². The lowest BCUT2D eigenvalue weighted by Crippen LogP contribution is -2.36. The molecule has 3 rings (SSSR count). The highest BCUT2D eigenvalue weighted by atomic mass is 16.5. The number of rotatable bonds is 5. The predicted octanol–water partition coefficient (Wildman–Crippen LogP) is 1.12. The Kier molecular flexibility index (Phi) is 4.47. The Morgan fingerprint density at radius 1 is 1.48 bits per heavy atom. The van der Waals surface area contributed by atoms with E-state index in [-0.39, 0.29) is 30.4 Å². The van der Waals surface area contributed by atoms with Crippen LogP contribution in [0.25, 0.3) is 0 Å². The molecule has 7 nitrogen and oxygen atoms in total. The van der Waals surface area contributed by atoms with E-state index < -0.39 is 5.97 Å². The number of aliphatic carboxylic acids is 1. The number of hydrogen-bond donors (Lipinski definition) is 2. The number of nitrogens with zero attached hydrogens (tertiary/aromatic N) is 2. The van der Waals surface area contributed by atoms with Crippen molar-refractivity contribution in [2.45, 2.75) is 37.3 Å². The van der Waals surface area contributed by atoms with Gasteiger partial charge in [0.2, 0.25) is 5.91 Å². The quantitative estimate of drug-likeness (QED) is 0.845. The highest BCUT2D eigenvalue weighted by Crippen LogP contribution is 2.36. The average Bonchev–Trinajstić information content (AvgIpc) is 3.13. The van der Waals surface area contributed by atoms with Gasteiger partial charge in [-0.05, 0) is 18.6 Å². The Morgan fingerprint density at radius 2 is 2.35 bits per heavy atom. The second-order valence-corrected chi connectivity index (χ2v) is 6.24. The molecule has 0 saturated carbocycles. The number of pyridine rings is 1. The monoisotopic (exact) mass is 319 g/mol. The molecule has 3 heterocycles. The summed E-state index contributed by atoms with van der Waals surface area (Å²) in [7, 11) is 0. The first-order chi connectivity index (χ1) is 11.1. The van der Waals surface area contributed by atoms with E-state index in [2.05, 4.69) is 10.3 Å². The number of carboxylic acid groups (broad SMARTS) is 1. The van der Waals surface area contributed by atoms with Crippen molar-refractivity contribution in [1.82, 2.24) is 9.88 Å². The number of aromatic nitrogens is 1. The molecular formula is C16H21N3O4. The minimum absolute atomic E-state index is 0.0583. The van der Waals surface area contributed by atoms with Gasteiger partial charge >= 0.3 is 5.97 Å². The lowest BCUT2D eigenvalue weighted by atomic mass is 9.97. The third-order valence-corrected chi connectivity index (χ3v) is 4.46. The zero-order valence-corrected chi connectivity index (χ0v) is 12.9. The number of carbonyl (C=O) groups excluding carboxylic acids is 1. The molecule has 2 fully saturated rings. The van der Waals surface area contributed by atoms with Gasteiger partial charge in [-0.15, -0.1) is 0 Å². The Balaban J connectivity index is 1.52. The van der Waals surface area contributed by atoms with Gasteiger partial charge in [0.05, 0.1) is 30.4 Å². The fourth-order valence-corrected chi connectivity index (χ4v) is 3.33. The topological polar surface area (TPSA) is 91.8 Å². The summed E-state index contributed by atoms with van der Waals surface area (Å²) in [6.45, 7) is 1.79. The lowest BCUT2D eigenvalue weighted by Gasteiger charge is -2.23. The summed E-state index contributed by atoms with van der Waals surface area (Å²) in [5, 5.41) is 12.1. The van der Waals surface area contributed by atoms with E-state index >= 15 is 0 Å². The molecule has 2 atom stereocenters. The molecule has 7 heteroatoms. The fraction of sp³-hybridized carbons (Fsp3) is 0.562. The van der Waals surface area contributed by atoms with Crippen molar-refractivity contribution in [2.24, 2.45) is 0 Å². The van der Waals surface area contributed by atoms with Crippen LogP contribution in [0.2, 0.25) is 0 Å². The van der Waals surface area contributed by atoms with Crippen molar-refractivity contribution in [3.8, 4) is 0 Å². The number of ether oxygens (including phenoxy) is 1. The van der Waals surface area contributed by atoms with Crippen molar-refractivity contribution in [3.05, 3.63) is 24.5 Å². The van der Waals surface area contributed by atoms with E-state index in [4.69, 9.17) is 9.84 Å². The zero-order valence-electron chi connectivity index (χ0n) is 12.9. The van der Waals surface area contributed by atoms with Crippen molar-refractivity contribution >= 4 is 17.6 Å². The second-order valence-electron chi connectivity index (χ2n) is 6.24. The Bertz CT molecular complexity index is 580. The molecule has 0 aliphatic carbocycles. The van der Waals surface area contributed by atoms with Gasteiger partial charge in [-0.25, -0.2) is 0 Å². The summed E-state index contributed by atoms with van der Waals surface area (Å²) in [6.07, 6.45) is 5.09. The third-order valence-electron chi connectivity index (χ3n) is 4.46.